The van der Waals surface area contributed by atoms with Gasteiger partial charge in [-0.15, -0.1) is 0 Å². The van der Waals surface area contributed by atoms with Crippen LogP contribution in [-0.4, -0.2) is 28.0 Å². The molecule has 3 aromatic rings. The number of methoxy groups -OCH3 is 1. The summed E-state index contributed by atoms with van der Waals surface area (Å²) in [6.07, 6.45) is 0. The van der Waals surface area contributed by atoms with Crippen LogP contribution < -0.4 is 14.4 Å². The Morgan fingerprint density at radius 1 is 1.03 bits per heavy atom. The molecule has 3 rings (SSSR count). The van der Waals surface area contributed by atoms with E-state index in [4.69, 9.17) is 16.3 Å². The van der Waals surface area contributed by atoms with Crippen molar-refractivity contribution in [2.45, 2.75) is 18.7 Å². The number of benzene rings is 3. The second-order valence-electron chi connectivity index (χ2n) is 7.01. The van der Waals surface area contributed by atoms with Gasteiger partial charge in [-0.3, -0.25) is 9.10 Å². The lowest BCUT2D eigenvalue weighted by atomic mass is 10.1. The Kier molecular flexibility index (Phi) is 6.87. The predicted octanol–water partition coefficient (Wildman–Crippen LogP) is 4.80. The van der Waals surface area contributed by atoms with E-state index in [0.717, 1.165) is 15.4 Å². The molecule has 0 atom stereocenters. The van der Waals surface area contributed by atoms with Gasteiger partial charge in [0.25, 0.3) is 10.0 Å². The van der Waals surface area contributed by atoms with Crippen LogP contribution >= 0.6 is 11.6 Å². The van der Waals surface area contributed by atoms with Crippen molar-refractivity contribution in [2.75, 3.05) is 23.3 Å². The molecule has 8 heteroatoms. The van der Waals surface area contributed by atoms with Crippen LogP contribution in [0.5, 0.6) is 5.75 Å². The zero-order valence-electron chi connectivity index (χ0n) is 17.4. The molecule has 0 aliphatic rings. The second kappa shape index (κ2) is 9.41. The van der Waals surface area contributed by atoms with E-state index in [1.165, 1.54) is 19.2 Å². The highest BCUT2D eigenvalue weighted by atomic mass is 35.5. The minimum Gasteiger partial charge on any atom is -0.495 e. The Labute approximate surface area is 187 Å². The van der Waals surface area contributed by atoms with Crippen LogP contribution in [0, 0.1) is 13.8 Å². The number of sulfonamides is 1. The number of amides is 1. The average molecular weight is 459 g/mol. The average Bonchev–Trinajstić information content (AvgIpc) is 2.73. The minimum atomic E-state index is -3.99. The van der Waals surface area contributed by atoms with Gasteiger partial charge in [0.15, 0.2) is 0 Å². The third-order valence-electron chi connectivity index (χ3n) is 4.68. The Hall–Kier alpha value is -3.03. The van der Waals surface area contributed by atoms with Crippen molar-refractivity contribution in [1.29, 1.82) is 0 Å². The van der Waals surface area contributed by atoms with Gasteiger partial charge in [-0.25, -0.2) is 8.42 Å². The van der Waals surface area contributed by atoms with Crippen LogP contribution in [0.15, 0.2) is 71.6 Å². The number of ether oxygens (including phenoxy) is 1. The zero-order chi connectivity index (χ0) is 22.6. The van der Waals surface area contributed by atoms with Gasteiger partial charge < -0.3 is 10.1 Å². The summed E-state index contributed by atoms with van der Waals surface area (Å²) in [5.41, 5.74) is 2.53. The Morgan fingerprint density at radius 2 is 1.74 bits per heavy atom. The van der Waals surface area contributed by atoms with E-state index in [1.807, 2.05) is 26.0 Å². The van der Waals surface area contributed by atoms with Crippen LogP contribution in [0.1, 0.15) is 11.1 Å². The molecule has 6 nitrogen and oxygen atoms in total. The van der Waals surface area contributed by atoms with Gasteiger partial charge in [0, 0.05) is 5.02 Å². The van der Waals surface area contributed by atoms with E-state index in [0.29, 0.717) is 22.1 Å². The summed E-state index contributed by atoms with van der Waals surface area (Å²) >= 11 is 6.03. The SMILES string of the molecule is COc1ccc(Cl)cc1NC(=O)CN(c1ccc(C)cc1C)S(=O)(=O)c1ccccc1. The molecule has 31 heavy (non-hydrogen) atoms. The molecule has 0 bridgehead atoms. The van der Waals surface area contributed by atoms with Crippen LogP contribution in [-0.2, 0) is 14.8 Å². The van der Waals surface area contributed by atoms with E-state index >= 15 is 0 Å². The summed E-state index contributed by atoms with van der Waals surface area (Å²) in [5.74, 6) is -0.109. The Morgan fingerprint density at radius 3 is 2.39 bits per heavy atom. The summed E-state index contributed by atoms with van der Waals surface area (Å²) in [4.78, 5) is 13.0. The van der Waals surface area contributed by atoms with Gasteiger partial charge in [0.05, 0.1) is 23.4 Å². The summed E-state index contributed by atoms with van der Waals surface area (Å²) in [6.45, 7) is 3.31. The first-order valence-corrected chi connectivity index (χ1v) is 11.3. The molecule has 0 saturated carbocycles. The van der Waals surface area contributed by atoms with Crippen molar-refractivity contribution >= 4 is 38.9 Å². The Bertz CT molecular complexity index is 1200. The summed E-state index contributed by atoms with van der Waals surface area (Å²) in [5, 5.41) is 3.12. The largest absolute Gasteiger partial charge is 0.495 e. The number of aryl methyl sites for hydroxylation is 2. The molecule has 1 N–H and O–H groups in total. The van der Waals surface area contributed by atoms with E-state index < -0.39 is 22.5 Å². The van der Waals surface area contributed by atoms with E-state index in [1.54, 1.807) is 42.5 Å². The molecule has 0 heterocycles. The number of rotatable bonds is 7. The fourth-order valence-corrected chi connectivity index (χ4v) is 4.88. The third kappa shape index (κ3) is 5.18. The van der Waals surface area contributed by atoms with Crippen molar-refractivity contribution in [3.63, 3.8) is 0 Å². The van der Waals surface area contributed by atoms with Crippen LogP contribution in [0.3, 0.4) is 0 Å². The summed E-state index contributed by atoms with van der Waals surface area (Å²) in [7, 11) is -2.51. The maximum Gasteiger partial charge on any atom is 0.264 e. The topological polar surface area (TPSA) is 75.7 Å². The molecular formula is C23H23ClN2O4S. The van der Waals surface area contributed by atoms with Gasteiger partial charge in [-0.05, 0) is 55.8 Å². The second-order valence-corrected chi connectivity index (χ2v) is 9.31. The zero-order valence-corrected chi connectivity index (χ0v) is 19.0. The van der Waals surface area contributed by atoms with Crippen LogP contribution in [0.4, 0.5) is 11.4 Å². The molecule has 0 unspecified atom stereocenters. The Balaban J connectivity index is 1.99. The molecule has 0 saturated heterocycles. The van der Waals surface area contributed by atoms with E-state index in [9.17, 15) is 13.2 Å². The number of hydrogen-bond donors (Lipinski definition) is 1. The molecule has 1 amide bonds. The first-order chi connectivity index (χ1) is 14.7. The number of anilines is 2. The summed E-state index contributed by atoms with van der Waals surface area (Å²) < 4.78 is 33.2. The normalized spacial score (nSPS) is 11.1. The monoisotopic (exact) mass is 458 g/mol. The highest BCUT2D eigenvalue weighted by Gasteiger charge is 2.28. The fraction of sp³-hybridized carbons (Fsp3) is 0.174. The third-order valence-corrected chi connectivity index (χ3v) is 6.68. The van der Waals surface area contributed by atoms with Crippen LogP contribution in [0.2, 0.25) is 5.02 Å². The maximum atomic E-state index is 13.4. The number of hydrogen-bond acceptors (Lipinski definition) is 4. The van der Waals surface area contributed by atoms with Gasteiger partial charge in [0.2, 0.25) is 5.91 Å². The number of halogens is 1. The number of nitrogens with zero attached hydrogens (tertiary/aromatic N) is 1. The molecule has 162 valence electrons. The van der Waals surface area contributed by atoms with Gasteiger partial charge in [-0.1, -0.05) is 47.5 Å². The van der Waals surface area contributed by atoms with Crippen molar-refractivity contribution < 1.29 is 17.9 Å². The highest BCUT2D eigenvalue weighted by molar-refractivity contribution is 7.92. The van der Waals surface area contributed by atoms with Crippen molar-refractivity contribution in [3.05, 3.63) is 82.9 Å². The van der Waals surface area contributed by atoms with E-state index in [2.05, 4.69) is 5.32 Å². The predicted molar refractivity (Wildman–Crippen MR) is 124 cm³/mol. The molecule has 0 aromatic heterocycles. The van der Waals surface area contributed by atoms with Gasteiger partial charge >= 0.3 is 0 Å². The highest BCUT2D eigenvalue weighted by Crippen LogP contribution is 2.30. The lowest BCUT2D eigenvalue weighted by Gasteiger charge is -2.26. The first-order valence-electron chi connectivity index (χ1n) is 9.51. The fourth-order valence-electron chi connectivity index (χ4n) is 3.20. The number of carbonyl (C=O) groups excluding carboxylic acids is 1. The van der Waals surface area contributed by atoms with Crippen molar-refractivity contribution in [1.82, 2.24) is 0 Å². The first kappa shape index (κ1) is 22.7. The molecule has 0 fully saturated rings. The molecule has 3 aromatic carbocycles. The number of carbonyl (C=O) groups is 1. The smallest absolute Gasteiger partial charge is 0.264 e. The molecular weight excluding hydrogens is 436 g/mol. The molecule has 0 spiro atoms. The van der Waals surface area contributed by atoms with Crippen LogP contribution in [0.25, 0.3) is 0 Å². The van der Waals surface area contributed by atoms with Crippen molar-refractivity contribution in [2.24, 2.45) is 0 Å². The maximum absolute atomic E-state index is 13.4. The number of nitrogens with one attached hydrogen (secondary N) is 1. The molecule has 0 aliphatic heterocycles. The standard InChI is InChI=1S/C23H23ClN2O4S/c1-16-9-11-21(17(2)13-16)26(31(28,29)19-7-5-4-6-8-19)15-23(27)25-20-14-18(24)10-12-22(20)30-3/h4-14H,15H2,1-3H3,(H,25,27). The minimum absolute atomic E-state index is 0.100. The van der Waals surface area contributed by atoms with Gasteiger partial charge in [-0.2, -0.15) is 0 Å². The van der Waals surface area contributed by atoms with Crippen molar-refractivity contribution in [3.8, 4) is 5.75 Å². The molecule has 0 radical (unpaired) electrons. The lowest BCUT2D eigenvalue weighted by molar-refractivity contribution is -0.114. The molecule has 0 aliphatic carbocycles. The van der Waals surface area contributed by atoms with E-state index in [-0.39, 0.29) is 4.90 Å². The van der Waals surface area contributed by atoms with Gasteiger partial charge in [0.1, 0.15) is 12.3 Å². The quantitative estimate of drug-likeness (QED) is 0.551. The lowest BCUT2D eigenvalue weighted by Crippen LogP contribution is -2.38. The summed E-state index contributed by atoms with van der Waals surface area (Å²) in [6, 6.07) is 18.2.